The number of benzene rings is 3. The van der Waals surface area contributed by atoms with Gasteiger partial charge in [0, 0.05) is 12.1 Å². The van der Waals surface area contributed by atoms with Crippen molar-refractivity contribution < 1.29 is 23.9 Å². The third kappa shape index (κ3) is 5.29. The van der Waals surface area contributed by atoms with Gasteiger partial charge in [0.15, 0.2) is 0 Å². The van der Waals surface area contributed by atoms with Crippen molar-refractivity contribution >= 4 is 29.2 Å². The van der Waals surface area contributed by atoms with Crippen LogP contribution >= 0.6 is 0 Å². The monoisotopic (exact) mass is 406 g/mol. The number of anilines is 2. The standard InChI is InChI=1S/C23H19FN2O4/c24-16-12-10-15(11-13-16)19(23(29)30)14-21(27)26-20-9-5-4-8-18(20)22(28)25-17-6-2-1-3-7-17/h1-13,19H,14H2,(H,25,28)(H,26,27)(H,29,30)/t19-/m0/s1. The van der Waals surface area contributed by atoms with E-state index in [9.17, 15) is 23.9 Å². The number of carbonyl (C=O) groups excluding carboxylic acids is 2. The van der Waals surface area contributed by atoms with Crippen LogP contribution in [0.4, 0.5) is 15.8 Å². The summed E-state index contributed by atoms with van der Waals surface area (Å²) in [6.07, 6.45) is -0.365. The highest BCUT2D eigenvalue weighted by atomic mass is 19.1. The van der Waals surface area contributed by atoms with Crippen molar-refractivity contribution in [1.29, 1.82) is 0 Å². The van der Waals surface area contributed by atoms with Crippen LogP contribution in [0.25, 0.3) is 0 Å². The summed E-state index contributed by atoms with van der Waals surface area (Å²) in [6.45, 7) is 0. The molecule has 3 rings (SSSR count). The molecule has 0 radical (unpaired) electrons. The number of carbonyl (C=O) groups is 3. The molecule has 0 aromatic heterocycles. The van der Waals surface area contributed by atoms with E-state index in [-0.39, 0.29) is 17.7 Å². The van der Waals surface area contributed by atoms with Gasteiger partial charge in [0.1, 0.15) is 5.82 Å². The zero-order valence-corrected chi connectivity index (χ0v) is 15.8. The number of hydrogen-bond acceptors (Lipinski definition) is 3. The molecule has 30 heavy (non-hydrogen) atoms. The predicted molar refractivity (Wildman–Crippen MR) is 111 cm³/mol. The predicted octanol–water partition coefficient (Wildman–Crippen LogP) is 4.28. The van der Waals surface area contributed by atoms with Crippen LogP contribution in [0.3, 0.4) is 0 Å². The summed E-state index contributed by atoms with van der Waals surface area (Å²) in [6, 6.07) is 20.3. The Balaban J connectivity index is 1.74. The molecule has 0 aliphatic carbocycles. The molecule has 152 valence electrons. The van der Waals surface area contributed by atoms with Crippen LogP contribution in [0.1, 0.15) is 28.3 Å². The zero-order chi connectivity index (χ0) is 21.5. The summed E-state index contributed by atoms with van der Waals surface area (Å²) in [7, 11) is 0. The van der Waals surface area contributed by atoms with Crippen molar-refractivity contribution in [2.45, 2.75) is 12.3 Å². The van der Waals surface area contributed by atoms with E-state index in [0.717, 1.165) is 12.1 Å². The first-order valence-electron chi connectivity index (χ1n) is 9.17. The normalized spacial score (nSPS) is 11.4. The highest BCUT2D eigenvalue weighted by molar-refractivity contribution is 6.10. The Bertz CT molecular complexity index is 1050. The second kappa shape index (κ2) is 9.47. The number of rotatable bonds is 7. The van der Waals surface area contributed by atoms with Gasteiger partial charge in [-0.1, -0.05) is 42.5 Å². The van der Waals surface area contributed by atoms with Crippen molar-refractivity contribution in [2.75, 3.05) is 10.6 Å². The second-order valence-electron chi connectivity index (χ2n) is 6.56. The number of halogens is 1. The smallest absolute Gasteiger partial charge is 0.311 e. The Kier molecular flexibility index (Phi) is 6.54. The fourth-order valence-electron chi connectivity index (χ4n) is 2.94. The lowest BCUT2D eigenvalue weighted by Gasteiger charge is -2.15. The van der Waals surface area contributed by atoms with Gasteiger partial charge in [-0.25, -0.2) is 4.39 Å². The molecule has 0 saturated carbocycles. The lowest BCUT2D eigenvalue weighted by molar-refractivity contribution is -0.140. The Morgan fingerprint density at radius 2 is 1.47 bits per heavy atom. The van der Waals surface area contributed by atoms with Gasteiger partial charge in [0.25, 0.3) is 5.91 Å². The van der Waals surface area contributed by atoms with Gasteiger partial charge in [-0.2, -0.15) is 0 Å². The van der Waals surface area contributed by atoms with Gasteiger partial charge in [-0.15, -0.1) is 0 Å². The molecule has 3 aromatic carbocycles. The summed E-state index contributed by atoms with van der Waals surface area (Å²) in [5.41, 5.74) is 1.42. The van der Waals surface area contributed by atoms with Gasteiger partial charge >= 0.3 is 5.97 Å². The van der Waals surface area contributed by atoms with E-state index in [1.54, 1.807) is 48.5 Å². The van der Waals surface area contributed by atoms with Crippen molar-refractivity contribution in [3.8, 4) is 0 Å². The number of carboxylic acids is 1. The van der Waals surface area contributed by atoms with Crippen LogP contribution in [-0.4, -0.2) is 22.9 Å². The number of hydrogen-bond donors (Lipinski definition) is 3. The first-order chi connectivity index (χ1) is 14.4. The maximum Gasteiger partial charge on any atom is 0.311 e. The summed E-state index contributed by atoms with van der Waals surface area (Å²) in [5.74, 6) is -3.83. The average molecular weight is 406 g/mol. The minimum Gasteiger partial charge on any atom is -0.481 e. The van der Waals surface area contributed by atoms with Crippen molar-refractivity contribution in [3.05, 3.63) is 95.8 Å². The van der Waals surface area contributed by atoms with E-state index in [0.29, 0.717) is 11.3 Å². The lowest BCUT2D eigenvalue weighted by Crippen LogP contribution is -2.22. The second-order valence-corrected chi connectivity index (χ2v) is 6.56. The Hall–Kier alpha value is -4.00. The third-order valence-corrected chi connectivity index (χ3v) is 4.44. The largest absolute Gasteiger partial charge is 0.481 e. The maximum atomic E-state index is 13.1. The summed E-state index contributed by atoms with van der Waals surface area (Å²) >= 11 is 0. The molecular formula is C23H19FN2O4. The Morgan fingerprint density at radius 1 is 0.833 bits per heavy atom. The zero-order valence-electron chi connectivity index (χ0n) is 15.8. The topological polar surface area (TPSA) is 95.5 Å². The molecule has 2 amide bonds. The molecule has 0 aliphatic rings. The van der Waals surface area contributed by atoms with Crippen LogP contribution in [0.2, 0.25) is 0 Å². The number of amides is 2. The molecule has 0 saturated heterocycles. The highest BCUT2D eigenvalue weighted by Crippen LogP contribution is 2.23. The SMILES string of the molecule is O=C(C[C@H](C(=O)O)c1ccc(F)cc1)Nc1ccccc1C(=O)Nc1ccccc1. The number of aliphatic carboxylic acids is 1. The summed E-state index contributed by atoms with van der Waals surface area (Å²) < 4.78 is 13.1. The maximum absolute atomic E-state index is 13.1. The minimum absolute atomic E-state index is 0.239. The van der Waals surface area contributed by atoms with E-state index in [1.807, 2.05) is 6.07 Å². The first-order valence-corrected chi connectivity index (χ1v) is 9.17. The molecule has 0 bridgehead atoms. The molecule has 0 fully saturated rings. The van der Waals surface area contributed by atoms with E-state index < -0.39 is 29.5 Å². The molecule has 1 atom stereocenters. The average Bonchev–Trinajstić information content (AvgIpc) is 2.73. The molecule has 0 spiro atoms. The molecule has 0 unspecified atom stereocenters. The fourth-order valence-corrected chi connectivity index (χ4v) is 2.94. The summed E-state index contributed by atoms with van der Waals surface area (Å²) in [4.78, 5) is 36.7. The molecule has 7 heteroatoms. The minimum atomic E-state index is -1.20. The van der Waals surface area contributed by atoms with Gasteiger partial charge in [-0.05, 0) is 42.0 Å². The van der Waals surface area contributed by atoms with Crippen molar-refractivity contribution in [2.24, 2.45) is 0 Å². The fraction of sp³-hybridized carbons (Fsp3) is 0.0870. The quantitative estimate of drug-likeness (QED) is 0.546. The van der Waals surface area contributed by atoms with Gasteiger partial charge in [0.05, 0.1) is 17.2 Å². The number of nitrogens with one attached hydrogen (secondary N) is 2. The summed E-state index contributed by atoms with van der Waals surface area (Å²) in [5, 5.41) is 14.8. The van der Waals surface area contributed by atoms with Crippen LogP contribution in [0, 0.1) is 5.82 Å². The molecule has 3 aromatic rings. The lowest BCUT2D eigenvalue weighted by atomic mass is 9.95. The Morgan fingerprint density at radius 3 is 2.13 bits per heavy atom. The number of carboxylic acid groups (broad SMARTS) is 1. The number of para-hydroxylation sites is 2. The molecule has 6 nitrogen and oxygen atoms in total. The Labute approximate surface area is 172 Å². The molecule has 0 aliphatic heterocycles. The van der Waals surface area contributed by atoms with Crippen molar-refractivity contribution in [3.63, 3.8) is 0 Å². The molecule has 0 heterocycles. The van der Waals surface area contributed by atoms with Crippen LogP contribution < -0.4 is 10.6 Å². The van der Waals surface area contributed by atoms with E-state index >= 15 is 0 Å². The van der Waals surface area contributed by atoms with Crippen LogP contribution in [-0.2, 0) is 9.59 Å². The van der Waals surface area contributed by atoms with Gasteiger partial charge in [0.2, 0.25) is 5.91 Å². The van der Waals surface area contributed by atoms with Gasteiger partial charge in [-0.3, -0.25) is 14.4 Å². The van der Waals surface area contributed by atoms with Crippen molar-refractivity contribution in [1.82, 2.24) is 0 Å². The van der Waals surface area contributed by atoms with E-state index in [1.165, 1.54) is 12.1 Å². The molecular weight excluding hydrogens is 387 g/mol. The van der Waals surface area contributed by atoms with Gasteiger partial charge < -0.3 is 15.7 Å². The van der Waals surface area contributed by atoms with E-state index in [4.69, 9.17) is 0 Å². The van der Waals surface area contributed by atoms with Crippen LogP contribution in [0.5, 0.6) is 0 Å². The van der Waals surface area contributed by atoms with E-state index in [2.05, 4.69) is 10.6 Å². The molecule has 3 N–H and O–H groups in total. The first kappa shape index (κ1) is 20.7. The highest BCUT2D eigenvalue weighted by Gasteiger charge is 2.24. The third-order valence-electron chi connectivity index (χ3n) is 4.44. The van der Waals surface area contributed by atoms with Crippen LogP contribution in [0.15, 0.2) is 78.9 Å².